The number of hydrogen-bond acceptors (Lipinski definition) is 4. The summed E-state index contributed by atoms with van der Waals surface area (Å²) in [6, 6.07) is 5.89. The fourth-order valence-corrected chi connectivity index (χ4v) is 4.32. The summed E-state index contributed by atoms with van der Waals surface area (Å²) in [6.45, 7) is 6.14. The summed E-state index contributed by atoms with van der Waals surface area (Å²) >= 11 is 0. The Hall–Kier alpha value is -1.95. The lowest BCUT2D eigenvalue weighted by Crippen LogP contribution is -2.55. The van der Waals surface area contributed by atoms with E-state index in [2.05, 4.69) is 4.98 Å². The number of ether oxygens (including phenoxy) is 1. The number of piperidine rings is 2. The van der Waals surface area contributed by atoms with Crippen molar-refractivity contribution in [1.29, 1.82) is 0 Å². The summed E-state index contributed by atoms with van der Waals surface area (Å²) in [5.74, 6) is 0.413. The van der Waals surface area contributed by atoms with Crippen LogP contribution in [-0.2, 0) is 20.7 Å². The molecular formula is C21H31N3O3. The fourth-order valence-electron chi connectivity index (χ4n) is 4.32. The van der Waals surface area contributed by atoms with Gasteiger partial charge < -0.3 is 14.5 Å². The zero-order valence-corrected chi connectivity index (χ0v) is 16.4. The molecule has 0 aromatic carbocycles. The van der Waals surface area contributed by atoms with Crippen molar-refractivity contribution in [1.82, 2.24) is 14.8 Å². The van der Waals surface area contributed by atoms with Crippen LogP contribution < -0.4 is 0 Å². The lowest BCUT2D eigenvalue weighted by atomic mass is 9.73. The highest BCUT2D eigenvalue weighted by Gasteiger charge is 2.42. The standard InChI is InChI=1S/C21H31N3O3/c1-2-27-15-9-20(26)23-13-5-10-21(16-23)11-7-19(25)24(17-21)14-8-18-6-3-4-12-22-18/h3-4,6,12H,2,5,7-11,13-17H2,1H3/t21-/m0/s1. The number of aromatic nitrogens is 1. The van der Waals surface area contributed by atoms with E-state index in [4.69, 9.17) is 4.74 Å². The van der Waals surface area contributed by atoms with E-state index in [0.717, 1.165) is 51.0 Å². The van der Waals surface area contributed by atoms with Gasteiger partial charge in [-0.3, -0.25) is 14.6 Å². The van der Waals surface area contributed by atoms with Gasteiger partial charge in [0.2, 0.25) is 11.8 Å². The predicted octanol–water partition coefficient (Wildman–Crippen LogP) is 2.28. The first-order chi connectivity index (χ1) is 13.1. The Labute approximate surface area is 161 Å². The number of carbonyl (C=O) groups excluding carboxylic acids is 2. The first kappa shape index (κ1) is 19.8. The molecule has 2 aliphatic heterocycles. The smallest absolute Gasteiger partial charge is 0.224 e. The molecule has 2 amide bonds. The van der Waals surface area contributed by atoms with Crippen LogP contribution in [0.4, 0.5) is 0 Å². The highest BCUT2D eigenvalue weighted by molar-refractivity contribution is 5.78. The molecule has 27 heavy (non-hydrogen) atoms. The van der Waals surface area contributed by atoms with Gasteiger partial charge in [0.05, 0.1) is 13.0 Å². The van der Waals surface area contributed by atoms with E-state index in [1.54, 1.807) is 6.20 Å². The highest BCUT2D eigenvalue weighted by Crippen LogP contribution is 2.39. The van der Waals surface area contributed by atoms with Crippen LogP contribution in [0.25, 0.3) is 0 Å². The molecule has 1 aromatic rings. The Bertz CT molecular complexity index is 637. The Morgan fingerprint density at radius 3 is 2.96 bits per heavy atom. The predicted molar refractivity (Wildman–Crippen MR) is 103 cm³/mol. The van der Waals surface area contributed by atoms with Crippen molar-refractivity contribution in [2.45, 2.75) is 45.4 Å². The molecule has 0 bridgehead atoms. The van der Waals surface area contributed by atoms with Crippen molar-refractivity contribution in [3.63, 3.8) is 0 Å². The molecule has 1 aromatic heterocycles. The molecule has 0 unspecified atom stereocenters. The normalized spacial score (nSPS) is 23.1. The Balaban J connectivity index is 1.57. The minimum absolute atomic E-state index is 0.0531. The first-order valence-corrected chi connectivity index (χ1v) is 10.2. The molecule has 2 aliphatic rings. The van der Waals surface area contributed by atoms with Crippen LogP contribution in [0.1, 0.15) is 44.7 Å². The summed E-state index contributed by atoms with van der Waals surface area (Å²) in [4.78, 5) is 33.3. The number of rotatable bonds is 7. The SMILES string of the molecule is CCOCCC(=O)N1CCC[C@]2(CCC(=O)N(CCc3ccccn3)C2)C1. The first-order valence-electron chi connectivity index (χ1n) is 10.2. The van der Waals surface area contributed by atoms with Gasteiger partial charge in [-0.25, -0.2) is 0 Å². The van der Waals surface area contributed by atoms with Crippen LogP contribution in [-0.4, -0.2) is 66.0 Å². The number of amides is 2. The van der Waals surface area contributed by atoms with E-state index >= 15 is 0 Å². The number of carbonyl (C=O) groups is 2. The van der Waals surface area contributed by atoms with E-state index in [-0.39, 0.29) is 17.2 Å². The van der Waals surface area contributed by atoms with E-state index < -0.39 is 0 Å². The second-order valence-corrected chi connectivity index (χ2v) is 7.75. The van der Waals surface area contributed by atoms with Crippen LogP contribution in [0.2, 0.25) is 0 Å². The molecule has 3 heterocycles. The van der Waals surface area contributed by atoms with Crippen molar-refractivity contribution in [2.75, 3.05) is 39.4 Å². The molecule has 0 N–H and O–H groups in total. The maximum Gasteiger partial charge on any atom is 0.224 e. The summed E-state index contributed by atoms with van der Waals surface area (Å²) in [5.41, 5.74) is 1.07. The third-order valence-electron chi connectivity index (χ3n) is 5.79. The molecular weight excluding hydrogens is 342 g/mol. The molecule has 0 saturated carbocycles. The van der Waals surface area contributed by atoms with Gasteiger partial charge >= 0.3 is 0 Å². The lowest BCUT2D eigenvalue weighted by molar-refractivity contribution is -0.143. The minimum atomic E-state index is 0.0531. The summed E-state index contributed by atoms with van der Waals surface area (Å²) in [7, 11) is 0. The maximum atomic E-state index is 12.5. The highest BCUT2D eigenvalue weighted by atomic mass is 16.5. The number of likely N-dealkylation sites (tertiary alicyclic amines) is 2. The van der Waals surface area contributed by atoms with Crippen molar-refractivity contribution in [3.05, 3.63) is 30.1 Å². The average molecular weight is 373 g/mol. The van der Waals surface area contributed by atoms with Crippen LogP contribution >= 0.6 is 0 Å². The van der Waals surface area contributed by atoms with Gasteiger partial charge in [0, 0.05) is 62.9 Å². The van der Waals surface area contributed by atoms with Crippen molar-refractivity contribution >= 4 is 11.8 Å². The topological polar surface area (TPSA) is 62.7 Å². The second-order valence-electron chi connectivity index (χ2n) is 7.75. The van der Waals surface area contributed by atoms with Gasteiger partial charge in [-0.15, -0.1) is 0 Å². The second kappa shape index (κ2) is 9.31. The van der Waals surface area contributed by atoms with Crippen LogP contribution in [0.5, 0.6) is 0 Å². The summed E-state index contributed by atoms with van der Waals surface area (Å²) in [6.07, 6.45) is 6.61. The summed E-state index contributed by atoms with van der Waals surface area (Å²) in [5, 5.41) is 0. The lowest BCUT2D eigenvalue weighted by Gasteiger charge is -2.48. The quantitative estimate of drug-likeness (QED) is 0.688. The Morgan fingerprint density at radius 1 is 1.30 bits per heavy atom. The van der Waals surface area contributed by atoms with Gasteiger partial charge in [0.1, 0.15) is 0 Å². The zero-order valence-electron chi connectivity index (χ0n) is 16.4. The fraction of sp³-hybridized carbons (Fsp3) is 0.667. The van der Waals surface area contributed by atoms with Crippen LogP contribution in [0, 0.1) is 5.41 Å². The molecule has 6 heteroatoms. The number of hydrogen-bond donors (Lipinski definition) is 0. The molecule has 1 atom stereocenters. The molecule has 3 rings (SSSR count). The van der Waals surface area contributed by atoms with E-state index in [0.29, 0.717) is 32.6 Å². The third-order valence-corrected chi connectivity index (χ3v) is 5.79. The van der Waals surface area contributed by atoms with Crippen molar-refractivity contribution in [3.8, 4) is 0 Å². The number of pyridine rings is 1. The Morgan fingerprint density at radius 2 is 2.19 bits per heavy atom. The van der Waals surface area contributed by atoms with E-state index in [1.165, 1.54) is 0 Å². The summed E-state index contributed by atoms with van der Waals surface area (Å²) < 4.78 is 5.33. The van der Waals surface area contributed by atoms with Gasteiger partial charge in [0.15, 0.2) is 0 Å². The maximum absolute atomic E-state index is 12.5. The molecule has 0 aliphatic carbocycles. The Kier molecular flexibility index (Phi) is 6.83. The molecule has 6 nitrogen and oxygen atoms in total. The van der Waals surface area contributed by atoms with E-state index in [9.17, 15) is 9.59 Å². The van der Waals surface area contributed by atoms with Crippen LogP contribution in [0.3, 0.4) is 0 Å². The third kappa shape index (κ3) is 5.28. The molecule has 2 saturated heterocycles. The monoisotopic (exact) mass is 373 g/mol. The van der Waals surface area contributed by atoms with Crippen molar-refractivity contribution in [2.24, 2.45) is 5.41 Å². The van der Waals surface area contributed by atoms with Crippen molar-refractivity contribution < 1.29 is 14.3 Å². The van der Waals surface area contributed by atoms with Gasteiger partial charge in [-0.2, -0.15) is 0 Å². The molecule has 1 spiro atoms. The van der Waals surface area contributed by atoms with Crippen LogP contribution in [0.15, 0.2) is 24.4 Å². The van der Waals surface area contributed by atoms with Gasteiger partial charge in [-0.05, 0) is 38.3 Å². The van der Waals surface area contributed by atoms with E-state index in [1.807, 2.05) is 34.9 Å². The minimum Gasteiger partial charge on any atom is -0.381 e. The average Bonchev–Trinajstić information content (AvgIpc) is 2.70. The zero-order chi connectivity index (χ0) is 19.1. The largest absolute Gasteiger partial charge is 0.381 e. The van der Waals surface area contributed by atoms with Gasteiger partial charge in [-0.1, -0.05) is 6.07 Å². The van der Waals surface area contributed by atoms with Gasteiger partial charge in [0.25, 0.3) is 0 Å². The molecule has 2 fully saturated rings. The number of nitrogens with zero attached hydrogens (tertiary/aromatic N) is 3. The molecule has 0 radical (unpaired) electrons. The molecule has 148 valence electrons.